The lowest BCUT2D eigenvalue weighted by Crippen LogP contribution is -2.29. The number of benzene rings is 1. The fraction of sp³-hybridized carbons (Fsp3) is 0.429. The highest BCUT2D eigenvalue weighted by Gasteiger charge is 2.42. The predicted molar refractivity (Wildman–Crippen MR) is 99.2 cm³/mol. The number of ether oxygens (including phenoxy) is 1. The summed E-state index contributed by atoms with van der Waals surface area (Å²) < 4.78 is 6.16. The number of nitrogens with one attached hydrogen (secondary N) is 1. The third kappa shape index (κ3) is 4.29. The second-order valence-corrected chi connectivity index (χ2v) is 7.31. The molecule has 0 unspecified atom stereocenters. The molecule has 2 fully saturated rings. The van der Waals surface area contributed by atoms with Gasteiger partial charge in [-0.1, -0.05) is 36.4 Å². The zero-order chi connectivity index (χ0) is 17.8. The highest BCUT2D eigenvalue weighted by atomic mass is 16.5. The van der Waals surface area contributed by atoms with Gasteiger partial charge in [0.1, 0.15) is 0 Å². The Morgan fingerprint density at radius 2 is 2.00 bits per heavy atom. The van der Waals surface area contributed by atoms with Gasteiger partial charge in [0.25, 0.3) is 0 Å². The number of hydrogen-bond acceptors (Lipinski definition) is 4. The molecule has 0 saturated carbocycles. The average molecular weight is 351 g/mol. The second kappa shape index (κ2) is 7.98. The topological polar surface area (TPSA) is 54.5 Å². The molecular formula is C21H25N3O2. The Morgan fingerprint density at radius 3 is 2.77 bits per heavy atom. The van der Waals surface area contributed by atoms with E-state index in [0.29, 0.717) is 18.9 Å². The molecule has 5 nitrogen and oxygen atoms in total. The lowest BCUT2D eigenvalue weighted by atomic mass is 10.0. The van der Waals surface area contributed by atoms with Gasteiger partial charge in [0.15, 0.2) is 0 Å². The molecule has 3 atom stereocenters. The zero-order valence-electron chi connectivity index (χ0n) is 14.9. The summed E-state index contributed by atoms with van der Waals surface area (Å²) in [5.74, 6) is 0.606. The SMILES string of the molecule is O=C(C[C@H]1C[C@H]2CN(Cc3ccccc3)C[C@H]2O1)NCc1cccnc1. The van der Waals surface area contributed by atoms with Gasteiger partial charge in [-0.2, -0.15) is 0 Å². The summed E-state index contributed by atoms with van der Waals surface area (Å²) in [5.41, 5.74) is 2.36. The van der Waals surface area contributed by atoms with Crippen LogP contribution in [0, 0.1) is 5.92 Å². The standard InChI is InChI=1S/C21H25N3O2/c25-21(23-12-17-7-4-8-22-11-17)10-19-9-18-14-24(15-20(18)26-19)13-16-5-2-1-3-6-16/h1-8,11,18-20H,9-10,12-15H2,(H,23,25)/t18-,19+,20+/m0/s1. The first-order chi connectivity index (χ1) is 12.8. The lowest BCUT2D eigenvalue weighted by Gasteiger charge is -2.19. The molecule has 1 aromatic heterocycles. The van der Waals surface area contributed by atoms with Gasteiger partial charge in [-0.25, -0.2) is 0 Å². The van der Waals surface area contributed by atoms with Gasteiger partial charge in [0.2, 0.25) is 5.91 Å². The highest BCUT2D eigenvalue weighted by molar-refractivity contribution is 5.76. The van der Waals surface area contributed by atoms with E-state index in [2.05, 4.69) is 45.5 Å². The molecule has 4 rings (SSSR count). The van der Waals surface area contributed by atoms with Crippen molar-refractivity contribution in [1.29, 1.82) is 0 Å². The minimum atomic E-state index is 0.0535. The number of carbonyl (C=O) groups excluding carboxylic acids is 1. The number of nitrogens with zero attached hydrogens (tertiary/aromatic N) is 2. The van der Waals surface area contributed by atoms with Crippen molar-refractivity contribution in [2.45, 2.75) is 38.1 Å². The van der Waals surface area contributed by atoms with Gasteiger partial charge in [-0.15, -0.1) is 0 Å². The van der Waals surface area contributed by atoms with Crippen molar-refractivity contribution in [3.8, 4) is 0 Å². The van der Waals surface area contributed by atoms with Crippen LogP contribution in [0.2, 0.25) is 0 Å². The molecule has 2 aromatic rings. The van der Waals surface area contributed by atoms with Crippen molar-refractivity contribution < 1.29 is 9.53 Å². The van der Waals surface area contributed by atoms with Crippen LogP contribution < -0.4 is 5.32 Å². The van der Waals surface area contributed by atoms with E-state index in [1.807, 2.05) is 12.1 Å². The number of likely N-dealkylation sites (tertiary alicyclic amines) is 1. The van der Waals surface area contributed by atoms with Crippen molar-refractivity contribution in [1.82, 2.24) is 15.2 Å². The summed E-state index contributed by atoms with van der Waals surface area (Å²) in [4.78, 5) is 18.7. The number of pyridine rings is 1. The van der Waals surface area contributed by atoms with Crippen LogP contribution in [0.5, 0.6) is 0 Å². The molecule has 1 amide bonds. The summed E-state index contributed by atoms with van der Waals surface area (Å²) in [5, 5.41) is 2.96. The maximum atomic E-state index is 12.2. The van der Waals surface area contributed by atoms with Crippen LogP contribution >= 0.6 is 0 Å². The molecule has 136 valence electrons. The van der Waals surface area contributed by atoms with Crippen molar-refractivity contribution in [2.75, 3.05) is 13.1 Å². The number of aromatic nitrogens is 1. The lowest BCUT2D eigenvalue weighted by molar-refractivity contribution is -0.124. The van der Waals surface area contributed by atoms with Gasteiger partial charge in [-0.05, 0) is 23.6 Å². The molecule has 1 aromatic carbocycles. The molecule has 0 spiro atoms. The van der Waals surface area contributed by atoms with Crippen molar-refractivity contribution >= 4 is 5.91 Å². The maximum absolute atomic E-state index is 12.2. The fourth-order valence-corrected chi connectivity index (χ4v) is 4.03. The number of rotatable bonds is 6. The molecule has 0 aliphatic carbocycles. The van der Waals surface area contributed by atoms with Crippen LogP contribution in [0.3, 0.4) is 0 Å². The van der Waals surface area contributed by atoms with Crippen LogP contribution in [-0.2, 0) is 22.6 Å². The quantitative estimate of drug-likeness (QED) is 0.868. The Balaban J connectivity index is 1.20. The molecule has 3 heterocycles. The van der Waals surface area contributed by atoms with Gasteiger partial charge < -0.3 is 10.1 Å². The smallest absolute Gasteiger partial charge is 0.222 e. The van der Waals surface area contributed by atoms with E-state index >= 15 is 0 Å². The van der Waals surface area contributed by atoms with Crippen molar-refractivity contribution in [2.24, 2.45) is 5.92 Å². The fourth-order valence-electron chi connectivity index (χ4n) is 4.03. The summed E-state index contributed by atoms with van der Waals surface area (Å²) in [6.45, 7) is 3.53. The number of fused-ring (bicyclic) bond motifs is 1. The van der Waals surface area contributed by atoms with E-state index in [-0.39, 0.29) is 18.1 Å². The summed E-state index contributed by atoms with van der Waals surface area (Å²) >= 11 is 0. The molecule has 5 heteroatoms. The number of amides is 1. The first-order valence-electron chi connectivity index (χ1n) is 9.33. The molecular weight excluding hydrogens is 326 g/mol. The first kappa shape index (κ1) is 17.2. The summed E-state index contributed by atoms with van der Waals surface area (Å²) in [6.07, 6.45) is 5.27. The molecule has 2 aliphatic heterocycles. The van der Waals surface area contributed by atoms with Crippen LogP contribution in [0.25, 0.3) is 0 Å². The van der Waals surface area contributed by atoms with E-state index in [9.17, 15) is 4.79 Å². The third-order valence-electron chi connectivity index (χ3n) is 5.26. The van der Waals surface area contributed by atoms with E-state index in [4.69, 9.17) is 4.74 Å². The minimum Gasteiger partial charge on any atom is -0.373 e. The molecule has 2 aliphatic rings. The number of hydrogen-bond donors (Lipinski definition) is 1. The zero-order valence-corrected chi connectivity index (χ0v) is 14.9. The molecule has 0 bridgehead atoms. The van der Waals surface area contributed by atoms with E-state index in [0.717, 1.165) is 31.6 Å². The van der Waals surface area contributed by atoms with E-state index in [1.165, 1.54) is 5.56 Å². The summed E-state index contributed by atoms with van der Waals surface area (Å²) in [7, 11) is 0. The Morgan fingerprint density at radius 1 is 1.15 bits per heavy atom. The Bertz CT molecular complexity index is 709. The molecule has 26 heavy (non-hydrogen) atoms. The van der Waals surface area contributed by atoms with Gasteiger partial charge in [0, 0.05) is 44.5 Å². The molecule has 1 N–H and O–H groups in total. The van der Waals surface area contributed by atoms with Crippen LogP contribution in [-0.4, -0.2) is 41.1 Å². The maximum Gasteiger partial charge on any atom is 0.222 e. The Kier molecular flexibility index (Phi) is 5.27. The molecule has 0 radical (unpaired) electrons. The minimum absolute atomic E-state index is 0.0535. The third-order valence-corrected chi connectivity index (χ3v) is 5.26. The highest BCUT2D eigenvalue weighted by Crippen LogP contribution is 2.34. The van der Waals surface area contributed by atoms with E-state index < -0.39 is 0 Å². The van der Waals surface area contributed by atoms with Gasteiger partial charge in [-0.3, -0.25) is 14.7 Å². The Hall–Kier alpha value is -2.24. The van der Waals surface area contributed by atoms with E-state index in [1.54, 1.807) is 12.4 Å². The molecule has 2 saturated heterocycles. The van der Waals surface area contributed by atoms with Crippen LogP contribution in [0.1, 0.15) is 24.0 Å². The monoisotopic (exact) mass is 351 g/mol. The van der Waals surface area contributed by atoms with Crippen LogP contribution in [0.15, 0.2) is 54.9 Å². The summed E-state index contributed by atoms with van der Waals surface area (Å²) in [6, 6.07) is 14.4. The van der Waals surface area contributed by atoms with Crippen molar-refractivity contribution in [3.63, 3.8) is 0 Å². The van der Waals surface area contributed by atoms with Crippen LogP contribution in [0.4, 0.5) is 0 Å². The van der Waals surface area contributed by atoms with Gasteiger partial charge >= 0.3 is 0 Å². The normalized spacial score (nSPS) is 25.2. The second-order valence-electron chi connectivity index (χ2n) is 7.31. The first-order valence-corrected chi connectivity index (χ1v) is 9.33. The average Bonchev–Trinajstić information content (AvgIpc) is 3.19. The van der Waals surface area contributed by atoms with Crippen molar-refractivity contribution in [3.05, 3.63) is 66.0 Å². The Labute approximate surface area is 154 Å². The predicted octanol–water partition coefficient (Wildman–Crippen LogP) is 2.38. The number of carbonyl (C=O) groups is 1. The largest absolute Gasteiger partial charge is 0.373 e. The van der Waals surface area contributed by atoms with Gasteiger partial charge in [0.05, 0.1) is 18.6 Å².